The average molecular weight is 235 g/mol. The number of aliphatic hydroxyl groups is 1. The first-order chi connectivity index (χ1) is 8.29. The highest BCUT2D eigenvalue weighted by Gasteiger charge is 2.12. The Balaban J connectivity index is 1.97. The molecule has 0 aliphatic heterocycles. The molecule has 3 nitrogen and oxygen atoms in total. The van der Waals surface area contributed by atoms with Gasteiger partial charge in [0, 0.05) is 6.54 Å². The molecule has 0 radical (unpaired) electrons. The van der Waals surface area contributed by atoms with Crippen molar-refractivity contribution in [2.75, 3.05) is 6.61 Å². The quantitative estimate of drug-likeness (QED) is 0.835. The summed E-state index contributed by atoms with van der Waals surface area (Å²) in [4.78, 5) is 0. The lowest BCUT2D eigenvalue weighted by atomic mass is 10.2. The number of furan rings is 1. The van der Waals surface area contributed by atoms with Gasteiger partial charge in [0.25, 0.3) is 0 Å². The largest absolute Gasteiger partial charge is 0.468 e. The van der Waals surface area contributed by atoms with Gasteiger partial charge in [0.05, 0.1) is 18.9 Å². The lowest BCUT2D eigenvalue weighted by Gasteiger charge is -2.13. The number of nitrogens with one attached hydrogen (secondary N) is 1. The summed E-state index contributed by atoms with van der Waals surface area (Å²) < 4.78 is 18.2. The summed E-state index contributed by atoms with van der Waals surface area (Å²) in [5, 5.41) is 12.3. The molecule has 0 amide bonds. The second-order valence-corrected chi connectivity index (χ2v) is 3.76. The van der Waals surface area contributed by atoms with Crippen LogP contribution in [0.15, 0.2) is 47.1 Å². The summed E-state index contributed by atoms with van der Waals surface area (Å²) in [6, 6.07) is 9.64. The van der Waals surface area contributed by atoms with E-state index in [2.05, 4.69) is 5.32 Å². The minimum Gasteiger partial charge on any atom is -0.468 e. The van der Waals surface area contributed by atoms with E-state index < -0.39 is 0 Å². The fourth-order valence-electron chi connectivity index (χ4n) is 1.63. The topological polar surface area (TPSA) is 45.4 Å². The van der Waals surface area contributed by atoms with Crippen molar-refractivity contribution in [2.45, 2.75) is 12.6 Å². The first-order valence-corrected chi connectivity index (χ1v) is 5.41. The molecule has 0 fully saturated rings. The molecule has 0 saturated heterocycles. The van der Waals surface area contributed by atoms with Crippen LogP contribution in [-0.2, 0) is 6.54 Å². The van der Waals surface area contributed by atoms with Gasteiger partial charge in [-0.1, -0.05) is 12.1 Å². The third-order valence-electron chi connectivity index (χ3n) is 2.51. The maximum atomic E-state index is 13.0. The van der Waals surface area contributed by atoms with Gasteiger partial charge in [-0.15, -0.1) is 0 Å². The molecule has 17 heavy (non-hydrogen) atoms. The Morgan fingerprint density at radius 3 is 2.82 bits per heavy atom. The third-order valence-corrected chi connectivity index (χ3v) is 2.51. The van der Waals surface area contributed by atoms with Gasteiger partial charge >= 0.3 is 0 Å². The van der Waals surface area contributed by atoms with Crippen LogP contribution in [0.4, 0.5) is 4.39 Å². The number of hydrogen-bond donors (Lipinski definition) is 2. The van der Waals surface area contributed by atoms with Crippen LogP contribution in [0.3, 0.4) is 0 Å². The first kappa shape index (κ1) is 11.8. The van der Waals surface area contributed by atoms with Gasteiger partial charge in [0.1, 0.15) is 11.6 Å². The zero-order valence-corrected chi connectivity index (χ0v) is 9.27. The summed E-state index contributed by atoms with van der Waals surface area (Å²) >= 11 is 0. The molecule has 1 aromatic carbocycles. The van der Waals surface area contributed by atoms with Crippen molar-refractivity contribution in [3.8, 4) is 0 Å². The molecule has 1 aromatic heterocycles. The van der Waals surface area contributed by atoms with E-state index in [1.807, 2.05) is 6.07 Å². The summed E-state index contributed by atoms with van der Waals surface area (Å²) in [7, 11) is 0. The molecule has 0 aliphatic rings. The lowest BCUT2D eigenvalue weighted by Crippen LogP contribution is -2.23. The van der Waals surface area contributed by atoms with Gasteiger partial charge in [-0.2, -0.15) is 0 Å². The van der Waals surface area contributed by atoms with Gasteiger partial charge in [-0.3, -0.25) is 0 Å². The Kier molecular flexibility index (Phi) is 3.90. The molecular formula is C13H14FNO2. The van der Waals surface area contributed by atoms with Crippen molar-refractivity contribution in [1.82, 2.24) is 5.32 Å². The van der Waals surface area contributed by atoms with Crippen LogP contribution in [0.1, 0.15) is 17.4 Å². The summed E-state index contributed by atoms with van der Waals surface area (Å²) in [5.41, 5.74) is 0.829. The van der Waals surface area contributed by atoms with Crippen LogP contribution in [0.25, 0.3) is 0 Å². The predicted molar refractivity (Wildman–Crippen MR) is 61.8 cm³/mol. The molecule has 0 aliphatic carbocycles. The van der Waals surface area contributed by atoms with E-state index >= 15 is 0 Å². The molecule has 0 spiro atoms. The predicted octanol–water partition coefficient (Wildman–Crippen LogP) is 2.24. The van der Waals surface area contributed by atoms with Crippen LogP contribution in [-0.4, -0.2) is 11.7 Å². The molecule has 1 heterocycles. The van der Waals surface area contributed by atoms with Crippen LogP contribution < -0.4 is 5.32 Å². The molecule has 90 valence electrons. The molecule has 1 atom stereocenters. The lowest BCUT2D eigenvalue weighted by molar-refractivity contribution is 0.225. The number of hydrogen-bond acceptors (Lipinski definition) is 3. The van der Waals surface area contributed by atoms with Crippen LogP contribution >= 0.6 is 0 Å². The second-order valence-electron chi connectivity index (χ2n) is 3.76. The number of rotatable bonds is 5. The molecule has 2 aromatic rings. The van der Waals surface area contributed by atoms with Crippen molar-refractivity contribution in [1.29, 1.82) is 0 Å². The number of halogens is 1. The van der Waals surface area contributed by atoms with Crippen LogP contribution in [0.5, 0.6) is 0 Å². The maximum Gasteiger partial charge on any atom is 0.123 e. The minimum absolute atomic E-state index is 0.0666. The second kappa shape index (κ2) is 5.61. The molecule has 1 unspecified atom stereocenters. The molecule has 0 bridgehead atoms. The Morgan fingerprint density at radius 2 is 2.18 bits per heavy atom. The third kappa shape index (κ3) is 3.15. The van der Waals surface area contributed by atoms with E-state index in [4.69, 9.17) is 4.42 Å². The van der Waals surface area contributed by atoms with E-state index in [1.54, 1.807) is 24.5 Å². The van der Waals surface area contributed by atoms with Crippen LogP contribution in [0, 0.1) is 5.82 Å². The highest BCUT2D eigenvalue weighted by atomic mass is 19.1. The van der Waals surface area contributed by atoms with Crippen LogP contribution in [0.2, 0.25) is 0 Å². The first-order valence-electron chi connectivity index (χ1n) is 5.41. The van der Waals surface area contributed by atoms with E-state index in [-0.39, 0.29) is 18.5 Å². The van der Waals surface area contributed by atoms with Crippen molar-refractivity contribution in [3.63, 3.8) is 0 Å². The molecular weight excluding hydrogens is 221 g/mol. The highest BCUT2D eigenvalue weighted by Crippen LogP contribution is 2.13. The highest BCUT2D eigenvalue weighted by molar-refractivity contribution is 5.16. The Morgan fingerprint density at radius 1 is 1.29 bits per heavy atom. The SMILES string of the molecule is OCC(NCc1cccc(F)c1)c1ccco1. The van der Waals surface area contributed by atoms with Crippen molar-refractivity contribution in [3.05, 3.63) is 59.8 Å². The smallest absolute Gasteiger partial charge is 0.123 e. The average Bonchev–Trinajstić information content (AvgIpc) is 2.84. The van der Waals surface area contributed by atoms with E-state index in [9.17, 15) is 9.50 Å². The zero-order valence-electron chi connectivity index (χ0n) is 9.27. The van der Waals surface area contributed by atoms with Gasteiger partial charge in [-0.25, -0.2) is 4.39 Å². The van der Waals surface area contributed by atoms with E-state index in [0.29, 0.717) is 12.3 Å². The molecule has 0 saturated carbocycles. The Bertz CT molecular complexity index is 456. The molecule has 2 rings (SSSR count). The van der Waals surface area contributed by atoms with Gasteiger partial charge in [0.2, 0.25) is 0 Å². The van der Waals surface area contributed by atoms with Crippen molar-refractivity contribution in [2.24, 2.45) is 0 Å². The van der Waals surface area contributed by atoms with Gasteiger partial charge < -0.3 is 14.8 Å². The van der Waals surface area contributed by atoms with Gasteiger partial charge in [0.15, 0.2) is 0 Å². The van der Waals surface area contributed by atoms with E-state index in [1.165, 1.54) is 12.1 Å². The Labute approximate surface area is 98.9 Å². The van der Waals surface area contributed by atoms with E-state index in [0.717, 1.165) is 5.56 Å². The maximum absolute atomic E-state index is 13.0. The van der Waals surface area contributed by atoms with Gasteiger partial charge in [-0.05, 0) is 29.8 Å². The zero-order chi connectivity index (χ0) is 12.1. The number of benzene rings is 1. The molecule has 2 N–H and O–H groups in total. The summed E-state index contributed by atoms with van der Waals surface area (Å²) in [6.07, 6.45) is 1.56. The Hall–Kier alpha value is -1.65. The van der Waals surface area contributed by atoms with Crippen molar-refractivity contribution < 1.29 is 13.9 Å². The summed E-state index contributed by atoms with van der Waals surface area (Å²) in [6.45, 7) is 0.409. The monoisotopic (exact) mass is 235 g/mol. The normalized spacial score (nSPS) is 12.6. The standard InChI is InChI=1S/C13H14FNO2/c14-11-4-1-3-10(7-11)8-15-12(9-16)13-5-2-6-17-13/h1-7,12,15-16H,8-9H2. The number of aliphatic hydroxyl groups excluding tert-OH is 1. The van der Waals surface area contributed by atoms with Crippen molar-refractivity contribution >= 4 is 0 Å². The fourth-order valence-corrected chi connectivity index (χ4v) is 1.63. The fraction of sp³-hybridized carbons (Fsp3) is 0.231. The molecule has 4 heteroatoms. The minimum atomic E-state index is -0.270. The summed E-state index contributed by atoms with van der Waals surface area (Å²) in [5.74, 6) is 0.409.